The van der Waals surface area contributed by atoms with E-state index in [1.165, 1.54) is 11.8 Å². The van der Waals surface area contributed by atoms with E-state index in [4.69, 9.17) is 11.1 Å². The molecule has 6 N–H and O–H groups in total. The summed E-state index contributed by atoms with van der Waals surface area (Å²) in [6.07, 6.45) is 0.469. The Hall–Kier alpha value is -4.28. The second-order valence-electron chi connectivity index (χ2n) is 8.04. The number of hydrogen-bond donors (Lipinski definition) is 5. The van der Waals surface area contributed by atoms with Gasteiger partial charge in [0, 0.05) is 12.2 Å². The van der Waals surface area contributed by atoms with Gasteiger partial charge in [-0.2, -0.15) is 0 Å². The van der Waals surface area contributed by atoms with Gasteiger partial charge in [0.05, 0.1) is 5.69 Å². The number of carbonyl (C=O) groups excluding carboxylic acids is 2. The number of carboxylic acid groups (broad SMARTS) is 1. The number of amides is 3. The molecule has 2 aromatic carbocycles. The summed E-state index contributed by atoms with van der Waals surface area (Å²) in [5.41, 5.74) is 8.06. The number of anilines is 1. The van der Waals surface area contributed by atoms with E-state index in [-0.39, 0.29) is 18.9 Å². The number of nitrogens with one attached hydrogen (secondary N) is 3. The van der Waals surface area contributed by atoms with Crippen molar-refractivity contribution in [2.24, 2.45) is 16.0 Å². The van der Waals surface area contributed by atoms with E-state index in [9.17, 15) is 19.5 Å². The Morgan fingerprint density at radius 2 is 1.83 bits per heavy atom. The van der Waals surface area contributed by atoms with Crippen LogP contribution in [0.15, 0.2) is 58.8 Å². The first kappa shape index (κ1) is 27.0. The fraction of sp³-hybridized carbons (Fsp3) is 0.333. The number of nitrogens with two attached hydrogens (primary N) is 1. The van der Waals surface area contributed by atoms with Gasteiger partial charge < -0.3 is 21.5 Å². The summed E-state index contributed by atoms with van der Waals surface area (Å²) in [4.78, 5) is 38.9. The minimum absolute atomic E-state index is 0.111. The number of carboxylic acids is 1. The second-order valence-corrected chi connectivity index (χ2v) is 8.04. The average molecular weight is 482 g/mol. The first-order valence-electron chi connectivity index (χ1n) is 11.1. The number of aliphatic carboxylic acids is 1. The maximum atomic E-state index is 13.1. The van der Waals surface area contributed by atoms with Gasteiger partial charge in [-0.1, -0.05) is 41.0 Å². The third-order valence-corrected chi connectivity index (χ3v) is 5.20. The summed E-state index contributed by atoms with van der Waals surface area (Å²) in [7, 11) is 0. The monoisotopic (exact) mass is 481 g/mol. The van der Waals surface area contributed by atoms with Crippen LogP contribution >= 0.6 is 0 Å². The lowest BCUT2D eigenvalue weighted by atomic mass is 10.1. The number of azo groups is 1. The molecule has 35 heavy (non-hydrogen) atoms. The summed E-state index contributed by atoms with van der Waals surface area (Å²) in [5, 5.41) is 29.6. The number of carbonyl (C=O) groups is 3. The van der Waals surface area contributed by atoms with Crippen LogP contribution in [0.25, 0.3) is 0 Å². The van der Waals surface area contributed by atoms with Crippen LogP contribution in [0.3, 0.4) is 0 Å². The minimum atomic E-state index is -1.21. The summed E-state index contributed by atoms with van der Waals surface area (Å²) < 4.78 is 0. The first-order chi connectivity index (χ1) is 16.6. The van der Waals surface area contributed by atoms with Crippen LogP contribution in [0.1, 0.15) is 30.9 Å². The number of urea groups is 1. The SMILES string of the molecule is Cc1ccc(/N=N/C(=O)N(c2ccccc2)C(C)C(=O)NC(CCCNC(=N)N)C(=O)O)c(C)c1. The molecule has 11 nitrogen and oxygen atoms in total. The van der Waals surface area contributed by atoms with Crippen molar-refractivity contribution >= 4 is 35.2 Å². The molecule has 3 amide bonds. The standard InChI is InChI=1S/C24H31N7O4/c1-15-11-12-19(16(2)14-15)29-30-24(35)31(18-8-5-4-6-9-18)17(3)21(32)28-20(22(33)34)10-7-13-27-23(25)26/h4-6,8-9,11-12,14,17,20H,7,10,13H2,1-3H3,(H,28,32)(H,33,34)(H4,25,26,27)/b30-29+. The summed E-state index contributed by atoms with van der Waals surface area (Å²) in [6.45, 7) is 5.58. The van der Waals surface area contributed by atoms with Gasteiger partial charge in [0.2, 0.25) is 5.91 Å². The lowest BCUT2D eigenvalue weighted by Crippen LogP contribution is -2.52. The van der Waals surface area contributed by atoms with Crippen molar-refractivity contribution in [3.63, 3.8) is 0 Å². The van der Waals surface area contributed by atoms with Gasteiger partial charge in [0.1, 0.15) is 12.1 Å². The highest BCUT2D eigenvalue weighted by atomic mass is 16.4. The van der Waals surface area contributed by atoms with E-state index in [1.54, 1.807) is 36.4 Å². The van der Waals surface area contributed by atoms with Crippen molar-refractivity contribution in [3.8, 4) is 0 Å². The first-order valence-corrected chi connectivity index (χ1v) is 11.1. The normalized spacial score (nSPS) is 12.5. The number of guanidine groups is 1. The van der Waals surface area contributed by atoms with Crippen molar-refractivity contribution in [2.45, 2.75) is 45.7 Å². The molecule has 0 saturated carbocycles. The highest BCUT2D eigenvalue weighted by Gasteiger charge is 2.30. The highest BCUT2D eigenvalue weighted by Crippen LogP contribution is 2.22. The lowest BCUT2D eigenvalue weighted by molar-refractivity contribution is -0.142. The van der Waals surface area contributed by atoms with Gasteiger partial charge in [-0.25, -0.2) is 9.59 Å². The Morgan fingerprint density at radius 1 is 1.14 bits per heavy atom. The molecule has 2 atom stereocenters. The molecule has 11 heteroatoms. The van der Waals surface area contributed by atoms with Crippen molar-refractivity contribution in [3.05, 3.63) is 59.7 Å². The molecule has 0 aliphatic heterocycles. The van der Waals surface area contributed by atoms with Crippen LogP contribution < -0.4 is 21.3 Å². The van der Waals surface area contributed by atoms with Gasteiger partial charge in [0.15, 0.2) is 5.96 Å². The zero-order valence-corrected chi connectivity index (χ0v) is 20.0. The Balaban J connectivity index is 2.20. The minimum Gasteiger partial charge on any atom is -0.480 e. The van der Waals surface area contributed by atoms with E-state index in [1.807, 2.05) is 26.0 Å². The molecule has 0 heterocycles. The summed E-state index contributed by atoms with van der Waals surface area (Å²) in [6, 6.07) is 11.0. The number of benzene rings is 2. The number of nitrogens with zero attached hydrogens (tertiary/aromatic N) is 3. The molecule has 2 unspecified atom stereocenters. The van der Waals surface area contributed by atoms with Crippen molar-refractivity contribution in [1.82, 2.24) is 10.6 Å². The summed E-state index contributed by atoms with van der Waals surface area (Å²) >= 11 is 0. The lowest BCUT2D eigenvalue weighted by Gasteiger charge is -2.27. The van der Waals surface area contributed by atoms with Crippen LogP contribution in [-0.4, -0.2) is 47.6 Å². The zero-order chi connectivity index (χ0) is 26.0. The molecule has 2 rings (SSSR count). The van der Waals surface area contributed by atoms with Gasteiger partial charge in [-0.05, 0) is 57.4 Å². The van der Waals surface area contributed by atoms with Crippen molar-refractivity contribution in [1.29, 1.82) is 5.41 Å². The molecule has 0 aliphatic rings. The molecule has 0 radical (unpaired) electrons. The maximum absolute atomic E-state index is 13.1. The zero-order valence-electron chi connectivity index (χ0n) is 20.0. The van der Waals surface area contributed by atoms with E-state index in [0.717, 1.165) is 11.1 Å². The molecule has 2 aromatic rings. The van der Waals surface area contributed by atoms with E-state index >= 15 is 0 Å². The number of aryl methyl sites for hydroxylation is 2. The van der Waals surface area contributed by atoms with Gasteiger partial charge in [0.25, 0.3) is 0 Å². The Bertz CT molecular complexity index is 1090. The van der Waals surface area contributed by atoms with Crippen LogP contribution in [0, 0.1) is 19.3 Å². The van der Waals surface area contributed by atoms with Crippen LogP contribution in [0.5, 0.6) is 0 Å². The molecule has 0 aromatic heterocycles. The number of hydrogen-bond acceptors (Lipinski definition) is 5. The molecule has 0 aliphatic carbocycles. The van der Waals surface area contributed by atoms with E-state index in [2.05, 4.69) is 20.9 Å². The molecular weight excluding hydrogens is 450 g/mol. The third-order valence-electron chi connectivity index (χ3n) is 5.20. The smallest absolute Gasteiger partial charge is 0.367 e. The number of para-hydroxylation sites is 1. The second kappa shape index (κ2) is 12.8. The predicted molar refractivity (Wildman–Crippen MR) is 133 cm³/mol. The number of rotatable bonds is 10. The quantitative estimate of drug-likeness (QED) is 0.151. The van der Waals surface area contributed by atoms with E-state index < -0.39 is 30.0 Å². The van der Waals surface area contributed by atoms with Crippen molar-refractivity contribution < 1.29 is 19.5 Å². The fourth-order valence-corrected chi connectivity index (χ4v) is 3.35. The molecule has 186 valence electrons. The molecule has 0 saturated heterocycles. The molecule has 0 fully saturated rings. The molecular formula is C24H31N7O4. The van der Waals surface area contributed by atoms with Crippen molar-refractivity contribution in [2.75, 3.05) is 11.4 Å². The van der Waals surface area contributed by atoms with Crippen LogP contribution in [0.4, 0.5) is 16.2 Å². The van der Waals surface area contributed by atoms with Crippen LogP contribution in [0.2, 0.25) is 0 Å². The fourth-order valence-electron chi connectivity index (χ4n) is 3.35. The van der Waals surface area contributed by atoms with Gasteiger partial charge >= 0.3 is 12.0 Å². The average Bonchev–Trinajstić information content (AvgIpc) is 2.80. The van der Waals surface area contributed by atoms with Gasteiger partial charge in [-0.3, -0.25) is 15.1 Å². The Kier molecular flexibility index (Phi) is 9.88. The summed E-state index contributed by atoms with van der Waals surface area (Å²) in [5.74, 6) is -2.09. The highest BCUT2D eigenvalue weighted by molar-refractivity contribution is 6.00. The molecule has 0 bridgehead atoms. The third kappa shape index (κ3) is 8.22. The Morgan fingerprint density at radius 3 is 2.43 bits per heavy atom. The topological polar surface area (TPSA) is 173 Å². The van der Waals surface area contributed by atoms with E-state index in [0.29, 0.717) is 17.8 Å². The molecule has 0 spiro atoms. The largest absolute Gasteiger partial charge is 0.480 e. The van der Waals surface area contributed by atoms with Gasteiger partial charge in [-0.15, -0.1) is 5.11 Å². The van der Waals surface area contributed by atoms with Crippen LogP contribution in [-0.2, 0) is 9.59 Å². The predicted octanol–water partition coefficient (Wildman–Crippen LogP) is 3.23. The maximum Gasteiger partial charge on any atom is 0.367 e. The Labute approximate surface area is 203 Å².